The van der Waals surface area contributed by atoms with Gasteiger partial charge in [0, 0.05) is 5.02 Å². The highest BCUT2D eigenvalue weighted by Gasteiger charge is 2.21. The van der Waals surface area contributed by atoms with Gasteiger partial charge in [-0.15, -0.1) is 5.10 Å². The third-order valence-electron chi connectivity index (χ3n) is 4.38. The predicted molar refractivity (Wildman–Crippen MR) is 119 cm³/mol. The van der Waals surface area contributed by atoms with Crippen LogP contribution in [0.2, 0.25) is 10.2 Å². The van der Waals surface area contributed by atoms with Crippen LogP contribution in [0.15, 0.2) is 48.7 Å². The van der Waals surface area contributed by atoms with Crippen molar-refractivity contribution in [1.82, 2.24) is 20.3 Å². The second-order valence-electron chi connectivity index (χ2n) is 6.71. The smallest absolute Gasteiger partial charge is 0.323 e. The predicted octanol–water partition coefficient (Wildman–Crippen LogP) is 3.42. The summed E-state index contributed by atoms with van der Waals surface area (Å²) in [6, 6.07) is 9.83. The van der Waals surface area contributed by atoms with E-state index >= 15 is 0 Å². The van der Waals surface area contributed by atoms with E-state index in [2.05, 4.69) is 20.9 Å². The third-order valence-corrected chi connectivity index (χ3v) is 4.79. The van der Waals surface area contributed by atoms with Crippen molar-refractivity contribution in [2.45, 2.75) is 19.4 Å². The van der Waals surface area contributed by atoms with Gasteiger partial charge in [0.25, 0.3) is 0 Å². The van der Waals surface area contributed by atoms with E-state index in [0.717, 1.165) is 5.56 Å². The highest BCUT2D eigenvalue weighted by atomic mass is 35.5. The van der Waals surface area contributed by atoms with Gasteiger partial charge in [0.1, 0.15) is 11.9 Å². The van der Waals surface area contributed by atoms with Gasteiger partial charge in [0.05, 0.1) is 30.7 Å². The Bertz CT molecular complexity index is 1090. The van der Waals surface area contributed by atoms with Crippen molar-refractivity contribution < 1.29 is 18.7 Å². The lowest BCUT2D eigenvalue weighted by atomic mass is 10.1. The summed E-state index contributed by atoms with van der Waals surface area (Å²) in [6.45, 7) is 1.70. The first kappa shape index (κ1) is 23.6. The topological polar surface area (TPSA) is 98.1 Å². The fraction of sp³-hybridized carbons (Fsp3) is 0.238. The van der Waals surface area contributed by atoms with Crippen molar-refractivity contribution in [2.24, 2.45) is 0 Å². The SMILES string of the molecule is CCOC(=O)C(Cc1ccc(F)cc1)NCC(=O)Nc1cc(Cl)ccc1-n1cc(Cl)nn1. The molecule has 0 saturated carbocycles. The van der Waals surface area contributed by atoms with Gasteiger partial charge >= 0.3 is 5.97 Å². The van der Waals surface area contributed by atoms with Crippen LogP contribution in [0, 0.1) is 5.82 Å². The summed E-state index contributed by atoms with van der Waals surface area (Å²) >= 11 is 11.9. The Morgan fingerprint density at radius 2 is 1.94 bits per heavy atom. The Hall–Kier alpha value is -3.01. The molecular weight excluding hydrogens is 460 g/mol. The van der Waals surface area contributed by atoms with E-state index in [0.29, 0.717) is 16.4 Å². The van der Waals surface area contributed by atoms with Gasteiger partial charge < -0.3 is 10.1 Å². The van der Waals surface area contributed by atoms with Gasteiger partial charge in [-0.3, -0.25) is 14.9 Å². The first-order valence-electron chi connectivity index (χ1n) is 9.67. The first-order chi connectivity index (χ1) is 15.4. The van der Waals surface area contributed by atoms with E-state index in [1.807, 2.05) is 0 Å². The molecular formula is C21H20Cl2FN5O3. The molecule has 0 spiro atoms. The van der Waals surface area contributed by atoms with E-state index in [9.17, 15) is 14.0 Å². The van der Waals surface area contributed by atoms with Gasteiger partial charge in [-0.2, -0.15) is 0 Å². The van der Waals surface area contributed by atoms with Crippen LogP contribution in [0.1, 0.15) is 12.5 Å². The number of aromatic nitrogens is 3. The van der Waals surface area contributed by atoms with E-state index in [4.69, 9.17) is 27.9 Å². The summed E-state index contributed by atoms with van der Waals surface area (Å²) in [7, 11) is 0. The maximum absolute atomic E-state index is 13.2. The Morgan fingerprint density at radius 1 is 1.19 bits per heavy atom. The second kappa shape index (κ2) is 11.0. The number of carbonyl (C=O) groups is 2. The zero-order valence-corrected chi connectivity index (χ0v) is 18.5. The Labute approximate surface area is 193 Å². The monoisotopic (exact) mass is 479 g/mol. The number of carbonyl (C=O) groups excluding carboxylic acids is 2. The van der Waals surface area contributed by atoms with E-state index in [1.165, 1.54) is 23.0 Å². The summed E-state index contributed by atoms with van der Waals surface area (Å²) in [5.41, 5.74) is 1.62. The number of benzene rings is 2. The standard InChI is InChI=1S/C21H20Cl2FN5O3/c1-2-32-21(31)17(9-13-3-6-15(24)7-4-13)25-11-20(30)26-16-10-14(22)5-8-18(16)29-12-19(23)27-28-29/h3-8,10,12,17,25H,2,9,11H2,1H3,(H,26,30). The molecule has 1 unspecified atom stereocenters. The largest absolute Gasteiger partial charge is 0.465 e. The van der Waals surface area contributed by atoms with Gasteiger partial charge in [0.2, 0.25) is 5.91 Å². The van der Waals surface area contributed by atoms with Crippen molar-refractivity contribution in [1.29, 1.82) is 0 Å². The minimum absolute atomic E-state index is 0.186. The fourth-order valence-electron chi connectivity index (χ4n) is 2.92. The number of hydrogen-bond donors (Lipinski definition) is 2. The number of nitrogens with one attached hydrogen (secondary N) is 2. The summed E-state index contributed by atoms with van der Waals surface area (Å²) in [5, 5.41) is 13.8. The number of halogens is 3. The second-order valence-corrected chi connectivity index (χ2v) is 7.54. The first-order valence-corrected chi connectivity index (χ1v) is 10.4. The number of esters is 1. The molecule has 2 N–H and O–H groups in total. The van der Waals surface area contributed by atoms with E-state index < -0.39 is 17.9 Å². The van der Waals surface area contributed by atoms with Crippen molar-refractivity contribution in [2.75, 3.05) is 18.5 Å². The minimum Gasteiger partial charge on any atom is -0.465 e. The molecule has 0 saturated heterocycles. The molecule has 1 heterocycles. The van der Waals surface area contributed by atoms with Gasteiger partial charge in [0.15, 0.2) is 5.15 Å². The molecule has 3 rings (SSSR count). The summed E-state index contributed by atoms with van der Waals surface area (Å²) in [4.78, 5) is 24.9. The van der Waals surface area contributed by atoms with Crippen molar-refractivity contribution in [3.8, 4) is 5.69 Å². The molecule has 168 valence electrons. The molecule has 0 aliphatic rings. The molecule has 0 fully saturated rings. The fourth-order valence-corrected chi connectivity index (χ4v) is 3.22. The van der Waals surface area contributed by atoms with Crippen LogP contribution in [-0.2, 0) is 20.7 Å². The number of nitrogens with zero attached hydrogens (tertiary/aromatic N) is 3. The Morgan fingerprint density at radius 3 is 2.59 bits per heavy atom. The van der Waals surface area contributed by atoms with Gasteiger partial charge in [-0.25, -0.2) is 9.07 Å². The van der Waals surface area contributed by atoms with Crippen LogP contribution in [0.4, 0.5) is 10.1 Å². The molecule has 0 radical (unpaired) electrons. The van der Waals surface area contributed by atoms with Crippen molar-refractivity contribution in [3.05, 3.63) is 70.2 Å². The molecule has 1 amide bonds. The van der Waals surface area contributed by atoms with Crippen LogP contribution in [0.3, 0.4) is 0 Å². The quantitative estimate of drug-likeness (QED) is 0.456. The Balaban J connectivity index is 1.69. The zero-order valence-electron chi connectivity index (χ0n) is 17.0. The van der Waals surface area contributed by atoms with Crippen LogP contribution < -0.4 is 10.6 Å². The molecule has 0 aliphatic carbocycles. The van der Waals surface area contributed by atoms with Gasteiger partial charge in [-0.05, 0) is 49.2 Å². The lowest BCUT2D eigenvalue weighted by molar-refractivity contribution is -0.145. The molecule has 11 heteroatoms. The van der Waals surface area contributed by atoms with E-state index in [-0.39, 0.29) is 30.5 Å². The highest BCUT2D eigenvalue weighted by Crippen LogP contribution is 2.24. The van der Waals surface area contributed by atoms with Crippen LogP contribution in [0.25, 0.3) is 5.69 Å². The summed E-state index contributed by atoms with van der Waals surface area (Å²) < 4.78 is 19.7. The number of rotatable bonds is 9. The summed E-state index contributed by atoms with van der Waals surface area (Å²) in [6.07, 6.45) is 1.71. The average Bonchev–Trinajstić information content (AvgIpc) is 3.18. The molecule has 8 nitrogen and oxygen atoms in total. The number of anilines is 1. The molecule has 0 bridgehead atoms. The van der Waals surface area contributed by atoms with Crippen LogP contribution >= 0.6 is 23.2 Å². The normalized spacial score (nSPS) is 11.8. The van der Waals surface area contributed by atoms with Crippen molar-refractivity contribution in [3.63, 3.8) is 0 Å². The molecule has 3 aromatic rings. The number of amides is 1. The Kier molecular flexibility index (Phi) is 8.15. The molecule has 0 aliphatic heterocycles. The highest BCUT2D eigenvalue weighted by molar-refractivity contribution is 6.31. The zero-order chi connectivity index (χ0) is 23.1. The lowest BCUT2D eigenvalue weighted by Gasteiger charge is -2.18. The van der Waals surface area contributed by atoms with E-state index in [1.54, 1.807) is 37.3 Å². The lowest BCUT2D eigenvalue weighted by Crippen LogP contribution is -2.43. The number of hydrogen-bond acceptors (Lipinski definition) is 6. The molecule has 2 aromatic carbocycles. The van der Waals surface area contributed by atoms with Crippen LogP contribution in [0.5, 0.6) is 0 Å². The average molecular weight is 480 g/mol. The molecule has 1 atom stereocenters. The minimum atomic E-state index is -0.792. The van der Waals surface area contributed by atoms with Crippen molar-refractivity contribution >= 4 is 40.8 Å². The molecule has 32 heavy (non-hydrogen) atoms. The van der Waals surface area contributed by atoms with Crippen LogP contribution in [-0.4, -0.2) is 46.1 Å². The third kappa shape index (κ3) is 6.49. The number of ether oxygens (including phenoxy) is 1. The van der Waals surface area contributed by atoms with Gasteiger partial charge in [-0.1, -0.05) is 40.5 Å². The summed E-state index contributed by atoms with van der Waals surface area (Å²) in [5.74, 6) is -1.31. The maximum Gasteiger partial charge on any atom is 0.323 e. The maximum atomic E-state index is 13.2. The molecule has 1 aromatic heterocycles.